The molecule has 1 saturated carbocycles. The van der Waals surface area contributed by atoms with Crippen LogP contribution in [0.5, 0.6) is 0 Å². The predicted molar refractivity (Wildman–Crippen MR) is 421 cm³/mol. The molecule has 3 aromatic rings. The highest BCUT2D eigenvalue weighted by Gasteiger charge is 2.51. The van der Waals surface area contributed by atoms with Crippen molar-refractivity contribution in [2.45, 2.75) is 229 Å². The fraction of sp³-hybridized carbons (Fsp3) is 0.519. The molecule has 652 valence electrons. The molecule has 4 aliphatic rings. The molecule has 3 aromatic carbocycles. The summed E-state index contributed by atoms with van der Waals surface area (Å²) >= 11 is 0. The number of likely N-dealkylation sites (tertiary alicyclic amines) is 1. The van der Waals surface area contributed by atoms with E-state index >= 15 is 14.4 Å². The van der Waals surface area contributed by atoms with E-state index in [1.165, 1.54) is 53.4 Å². The zero-order valence-corrected chi connectivity index (χ0v) is 66.6. The summed E-state index contributed by atoms with van der Waals surface area (Å²) in [5.74, 6) is -24.4. The van der Waals surface area contributed by atoms with Crippen LogP contribution in [0.25, 0.3) is 0 Å². The van der Waals surface area contributed by atoms with Crippen LogP contribution in [-0.4, -0.2) is 250 Å². The molecule has 3 heterocycles. The molecule has 0 radical (unpaired) electrons. The maximum absolute atomic E-state index is 15.4. The summed E-state index contributed by atoms with van der Waals surface area (Å²) in [6.07, 6.45) is -6.11. The van der Waals surface area contributed by atoms with Gasteiger partial charge in [-0.25, -0.2) is 4.79 Å². The van der Waals surface area contributed by atoms with E-state index in [1.807, 2.05) is 0 Å². The lowest BCUT2D eigenvalue weighted by molar-refractivity contribution is -0.157. The number of amides is 12. The minimum Gasteiger partial charge on any atom is -0.481 e. The molecule has 3 saturated heterocycles. The van der Waals surface area contributed by atoms with Crippen LogP contribution in [0.4, 0.5) is 5.69 Å². The van der Waals surface area contributed by atoms with E-state index in [2.05, 4.69) is 58.5 Å². The van der Waals surface area contributed by atoms with Gasteiger partial charge in [0.1, 0.15) is 66.5 Å². The number of carbonyl (C=O) groups excluding carboxylic acids is 12. The van der Waals surface area contributed by atoms with Gasteiger partial charge in [0, 0.05) is 62.4 Å². The number of benzene rings is 3. The highest BCUT2D eigenvalue weighted by atomic mass is 16.4. The summed E-state index contributed by atoms with van der Waals surface area (Å²) in [4.78, 5) is 259. The summed E-state index contributed by atoms with van der Waals surface area (Å²) in [7, 11) is 0. The summed E-state index contributed by atoms with van der Waals surface area (Å²) in [6, 6.07) is 0.278. The Morgan fingerprint density at radius 2 is 0.942 bits per heavy atom. The van der Waals surface area contributed by atoms with Crippen molar-refractivity contribution in [3.8, 4) is 0 Å². The van der Waals surface area contributed by atoms with Crippen molar-refractivity contribution in [1.29, 1.82) is 5.41 Å². The van der Waals surface area contributed by atoms with Gasteiger partial charge in [-0.05, 0) is 129 Å². The highest BCUT2D eigenvalue weighted by molar-refractivity contribution is 6.02. The fourth-order valence-electron chi connectivity index (χ4n) is 14.3. The Morgan fingerprint density at radius 3 is 1.45 bits per heavy atom. The summed E-state index contributed by atoms with van der Waals surface area (Å²) in [5.41, 5.74) is 6.83. The van der Waals surface area contributed by atoms with Crippen LogP contribution in [0.15, 0.2) is 78.9 Å². The fourth-order valence-corrected chi connectivity index (χ4v) is 14.3. The quantitative estimate of drug-likeness (QED) is 0.0240. The van der Waals surface area contributed by atoms with Gasteiger partial charge in [0.15, 0.2) is 5.96 Å². The Kier molecular flexibility index (Phi) is 36.8. The van der Waals surface area contributed by atoms with Crippen LogP contribution >= 0.6 is 0 Å². The number of nitrogens with zero attached hydrogens (tertiary/aromatic N) is 2. The minimum absolute atomic E-state index is 0.0679. The summed E-state index contributed by atoms with van der Waals surface area (Å²) < 4.78 is 0. The van der Waals surface area contributed by atoms with E-state index in [0.29, 0.717) is 42.5 Å². The first-order valence-corrected chi connectivity index (χ1v) is 39.2. The van der Waals surface area contributed by atoms with Gasteiger partial charge in [-0.2, -0.15) is 0 Å². The maximum Gasteiger partial charge on any atom is 0.326 e. The lowest BCUT2D eigenvalue weighted by Gasteiger charge is -2.51. The molecule has 7 rings (SSSR count). The Hall–Kier alpha value is -13.1. The van der Waals surface area contributed by atoms with E-state index in [1.54, 1.807) is 58.0 Å². The average molecular weight is 1680 g/mol. The molecule has 2 bridgehead atoms. The van der Waals surface area contributed by atoms with Crippen molar-refractivity contribution in [2.24, 2.45) is 23.5 Å². The van der Waals surface area contributed by atoms with Crippen molar-refractivity contribution in [2.75, 3.05) is 18.4 Å². The topological polar surface area (TPSA) is 655 Å². The van der Waals surface area contributed by atoms with Crippen LogP contribution in [0.3, 0.4) is 0 Å². The number of hydrogen-bond donors (Lipinski definition) is 20. The molecular formula is C79H105N15O26. The first-order valence-electron chi connectivity index (χ1n) is 39.2. The van der Waals surface area contributed by atoms with Crippen LogP contribution in [0.1, 0.15) is 164 Å². The Morgan fingerprint density at radius 1 is 0.475 bits per heavy atom. The smallest absolute Gasteiger partial charge is 0.326 e. The third kappa shape index (κ3) is 30.1. The van der Waals surface area contributed by atoms with Gasteiger partial charge in [0.05, 0.1) is 19.4 Å². The van der Waals surface area contributed by atoms with Gasteiger partial charge in [-0.3, -0.25) is 91.7 Å². The lowest BCUT2D eigenvalue weighted by atomic mass is 9.73. The molecule has 12 amide bonds. The summed E-state index contributed by atoms with van der Waals surface area (Å²) in [5, 5.41) is 102. The third-order valence-electron chi connectivity index (χ3n) is 20.7. The maximum atomic E-state index is 15.4. The van der Waals surface area contributed by atoms with E-state index in [9.17, 15) is 112 Å². The molecular weight excluding hydrogens is 1570 g/mol. The van der Waals surface area contributed by atoms with Gasteiger partial charge in [-0.15, -0.1) is 0 Å². The second kappa shape index (κ2) is 46.1. The van der Waals surface area contributed by atoms with E-state index < -0.39 is 274 Å². The average Bonchev–Trinajstić information content (AvgIpc) is 0.840. The molecule has 41 nitrogen and oxygen atoms in total. The Balaban J connectivity index is 1.23. The normalized spacial score (nSPS) is 17.7. The summed E-state index contributed by atoms with van der Waals surface area (Å²) in [6.45, 7) is 5.74. The number of guanidine groups is 1. The van der Waals surface area contributed by atoms with E-state index in [-0.39, 0.29) is 61.7 Å². The minimum atomic E-state index is -1.91. The first-order chi connectivity index (χ1) is 56.7. The van der Waals surface area contributed by atoms with Crippen LogP contribution in [0, 0.1) is 23.2 Å². The highest BCUT2D eigenvalue weighted by Crippen LogP contribution is 2.41. The molecule has 4 fully saturated rings. The number of hydrogen-bond acceptors (Lipinski definition) is 20. The second-order valence-electron chi connectivity index (χ2n) is 30.2. The number of anilines is 1. The molecule has 0 spiro atoms. The molecule has 3 aliphatic heterocycles. The van der Waals surface area contributed by atoms with Crippen molar-refractivity contribution >= 4 is 124 Å². The molecule has 21 N–H and O–H groups in total. The predicted octanol–water partition coefficient (Wildman–Crippen LogP) is -0.931. The SMILES string of the molecule is CC[C@H](C)[C@H](NC(=O)[C@@H]1C2CCC(CC2)N1C(=O)[C@H](CCC(=O)O)NC(=O)[C@H](Cc1ccccc1)NC(=O)[C@H](CC(=O)O)NC(=O)CNC(=O)c1ccc(NC(=N)N)cc1)C(=O)N1CCC[C@H]1C(=O)N[C@@H](CCC(=O)O)C(=O)N[C@@H](CCC(=O)O)C(=O)N[C@@H](Cc1ccc(CC(=O)O)cc1)C(=O)N[C@@H](CC(C)C)C(=O)N[C@H](CCC(=O)O)C(=O)O. The number of carboxylic acids is 7. The lowest BCUT2D eigenvalue weighted by Crippen LogP contribution is -2.68. The standard InChI is InChI=1S/C79H105N15O26/c1-5-41(4)65(92-75(116)66-45-19-23-48(24-20-45)94(66)76(117)51(27-31-61(100)101)87-71(112)54(35-42-10-7-6-8-11-42)91-73(114)56(38-64(106)107)84-58(95)39-82-67(108)46-17-21-47(22-18-46)83-79(80)81)77(118)93-33-9-12-57(93)74(115)86-50(26-30-60(98)99)68(109)85-49(25-29-59(96)97)69(110)90-55(36-43-13-15-44(16-14-43)37-63(104)105)72(113)89-53(34-40(2)3)70(111)88-52(78(119)120)28-32-62(102)103/h6-8,10-11,13-18,21-22,40-41,45,48-57,65-66H,5,9,12,19-20,23-39H2,1-4H3,(H,82,108)(H,84,95)(H,85,109)(H,86,115)(H,87,112)(H,88,111)(H,89,113)(H,90,110)(H,91,114)(H,92,116)(H,96,97)(H,98,99)(H,100,101)(H,102,103)(H,104,105)(H,106,107)(H,119,120)(H4,80,81,83)/t41-,45?,48?,49-,50-,51-,52+,53-,54-,55-,56-,57-,65-,66-/m0/s1. The number of nitrogens with one attached hydrogen (secondary N) is 12. The number of nitrogens with two attached hydrogens (primary N) is 1. The largest absolute Gasteiger partial charge is 0.481 e. The van der Waals surface area contributed by atoms with Gasteiger partial charge < -0.3 is 110 Å². The van der Waals surface area contributed by atoms with Crippen LogP contribution in [-0.2, 0) is 106 Å². The number of piperidine rings is 2. The molecule has 120 heavy (non-hydrogen) atoms. The van der Waals surface area contributed by atoms with E-state index in [0.717, 1.165) is 4.90 Å². The first kappa shape index (κ1) is 95.7. The number of aliphatic carboxylic acids is 7. The Labute approximate surface area is 688 Å². The number of fused-ring (bicyclic) bond motifs is 3. The molecule has 1 aliphatic carbocycles. The van der Waals surface area contributed by atoms with Gasteiger partial charge >= 0.3 is 41.8 Å². The van der Waals surface area contributed by atoms with Gasteiger partial charge in [0.25, 0.3) is 5.91 Å². The molecule has 0 unspecified atom stereocenters. The van der Waals surface area contributed by atoms with Crippen molar-refractivity contribution < 1.29 is 127 Å². The van der Waals surface area contributed by atoms with Gasteiger partial charge in [0.2, 0.25) is 65.0 Å². The molecule has 12 atom stereocenters. The van der Waals surface area contributed by atoms with E-state index in [4.69, 9.17) is 11.1 Å². The van der Waals surface area contributed by atoms with Crippen molar-refractivity contribution in [3.05, 3.63) is 101 Å². The van der Waals surface area contributed by atoms with Crippen LogP contribution < -0.4 is 64.2 Å². The van der Waals surface area contributed by atoms with Gasteiger partial charge in [-0.1, -0.05) is 88.7 Å². The molecule has 41 heteroatoms. The number of carboxylic acid groups (broad SMARTS) is 7. The second-order valence-corrected chi connectivity index (χ2v) is 30.2. The number of rotatable bonds is 48. The molecule has 0 aromatic heterocycles. The van der Waals surface area contributed by atoms with Crippen molar-refractivity contribution in [1.82, 2.24) is 63.0 Å². The monoisotopic (exact) mass is 1680 g/mol. The zero-order chi connectivity index (χ0) is 88.8. The number of carbonyl (C=O) groups is 19. The Bertz CT molecular complexity index is 4250. The van der Waals surface area contributed by atoms with Crippen LogP contribution in [0.2, 0.25) is 0 Å². The van der Waals surface area contributed by atoms with Crippen molar-refractivity contribution in [3.63, 3.8) is 0 Å². The third-order valence-corrected chi connectivity index (χ3v) is 20.7. The zero-order valence-electron chi connectivity index (χ0n) is 66.6.